The first kappa shape index (κ1) is 27.1. The van der Waals surface area contributed by atoms with E-state index < -0.39 is 17.7 Å². The Labute approximate surface area is 227 Å². The van der Waals surface area contributed by atoms with Gasteiger partial charge in [-0.1, -0.05) is 35.9 Å². The highest BCUT2D eigenvalue weighted by Crippen LogP contribution is 2.42. The number of methoxy groups -OCH3 is 1. The summed E-state index contributed by atoms with van der Waals surface area (Å²) in [6, 6.07) is 18.4. The van der Waals surface area contributed by atoms with E-state index >= 15 is 0 Å². The van der Waals surface area contributed by atoms with E-state index in [0.717, 1.165) is 5.56 Å². The molecule has 1 heterocycles. The fourth-order valence-electron chi connectivity index (χ4n) is 4.47. The number of amides is 1. The van der Waals surface area contributed by atoms with Crippen molar-refractivity contribution in [3.8, 4) is 17.2 Å². The first-order valence-corrected chi connectivity index (χ1v) is 12.7. The Morgan fingerprint density at radius 3 is 2.45 bits per heavy atom. The number of Topliss-reactive ketones (excluding diaryl/α,β-unsaturated/α-hetero) is 1. The SMILES string of the molecule is CCOc1ccc(Cl)c(/C(O)=C2\C(=O)C(=O)N(Cc3cccc(OC)c3)C2c2cccc(OC(C)C)c2)c1. The van der Waals surface area contributed by atoms with Crippen LogP contribution < -0.4 is 14.2 Å². The van der Waals surface area contributed by atoms with Crippen LogP contribution in [0.15, 0.2) is 72.3 Å². The Hall–Kier alpha value is -3.97. The molecule has 1 atom stereocenters. The topological polar surface area (TPSA) is 85.3 Å². The number of rotatable bonds is 9. The molecule has 198 valence electrons. The Morgan fingerprint density at radius 2 is 1.74 bits per heavy atom. The summed E-state index contributed by atoms with van der Waals surface area (Å²) in [6.45, 7) is 6.19. The molecule has 0 aliphatic carbocycles. The second kappa shape index (κ2) is 11.6. The number of nitrogens with zero attached hydrogens (tertiary/aromatic N) is 1. The lowest BCUT2D eigenvalue weighted by Gasteiger charge is -2.26. The summed E-state index contributed by atoms with van der Waals surface area (Å²) in [4.78, 5) is 28.3. The standard InChI is InChI=1S/C30H30ClNO6/c1-5-37-22-12-13-25(31)24(16-22)28(33)26-27(20-9-7-11-23(15-20)38-18(2)3)32(30(35)29(26)34)17-19-8-6-10-21(14-19)36-4/h6-16,18,27,33H,5,17H2,1-4H3/b28-26+. The number of benzene rings is 3. The molecule has 0 radical (unpaired) electrons. The van der Waals surface area contributed by atoms with E-state index in [4.69, 9.17) is 25.8 Å². The van der Waals surface area contributed by atoms with Crippen molar-refractivity contribution in [2.75, 3.05) is 13.7 Å². The third-order valence-electron chi connectivity index (χ3n) is 6.08. The average molecular weight is 536 g/mol. The summed E-state index contributed by atoms with van der Waals surface area (Å²) in [7, 11) is 1.56. The zero-order valence-corrected chi connectivity index (χ0v) is 22.5. The molecule has 1 N–H and O–H groups in total. The van der Waals surface area contributed by atoms with Gasteiger partial charge in [-0.25, -0.2) is 0 Å². The van der Waals surface area contributed by atoms with Gasteiger partial charge in [0.05, 0.1) is 36.5 Å². The molecule has 4 rings (SSSR count). The molecule has 1 unspecified atom stereocenters. The highest BCUT2D eigenvalue weighted by molar-refractivity contribution is 6.47. The number of ketones is 1. The number of carbonyl (C=O) groups excluding carboxylic acids is 2. The van der Waals surface area contributed by atoms with Crippen LogP contribution in [0.25, 0.3) is 5.76 Å². The van der Waals surface area contributed by atoms with Crippen LogP contribution in [0.3, 0.4) is 0 Å². The molecule has 0 bridgehead atoms. The van der Waals surface area contributed by atoms with E-state index in [0.29, 0.717) is 29.4 Å². The van der Waals surface area contributed by atoms with Crippen LogP contribution in [-0.2, 0) is 16.1 Å². The maximum atomic E-state index is 13.5. The molecule has 1 amide bonds. The lowest BCUT2D eigenvalue weighted by atomic mass is 9.95. The second-order valence-corrected chi connectivity index (χ2v) is 9.50. The quantitative estimate of drug-likeness (QED) is 0.201. The highest BCUT2D eigenvalue weighted by Gasteiger charge is 2.46. The molecule has 1 saturated heterocycles. The van der Waals surface area contributed by atoms with Gasteiger partial charge < -0.3 is 24.2 Å². The van der Waals surface area contributed by atoms with Crippen LogP contribution in [0.4, 0.5) is 0 Å². The molecule has 8 heteroatoms. The molecule has 0 saturated carbocycles. The van der Waals surface area contributed by atoms with E-state index in [9.17, 15) is 14.7 Å². The summed E-state index contributed by atoms with van der Waals surface area (Å²) < 4.78 is 16.8. The molecule has 3 aromatic carbocycles. The Bertz CT molecular complexity index is 1380. The summed E-state index contributed by atoms with van der Waals surface area (Å²) >= 11 is 6.44. The highest BCUT2D eigenvalue weighted by atomic mass is 35.5. The summed E-state index contributed by atoms with van der Waals surface area (Å²) in [5.41, 5.74) is 1.53. The molecule has 7 nitrogen and oxygen atoms in total. The van der Waals surface area contributed by atoms with Crippen LogP contribution in [-0.4, -0.2) is 41.5 Å². The van der Waals surface area contributed by atoms with Crippen molar-refractivity contribution in [1.29, 1.82) is 0 Å². The molecular formula is C30H30ClNO6. The van der Waals surface area contributed by atoms with E-state index in [2.05, 4.69) is 0 Å². The van der Waals surface area contributed by atoms with Gasteiger partial charge in [0.25, 0.3) is 11.7 Å². The number of halogens is 1. The Balaban J connectivity index is 1.88. The second-order valence-electron chi connectivity index (χ2n) is 9.09. The maximum Gasteiger partial charge on any atom is 0.295 e. The zero-order chi connectivity index (χ0) is 27.4. The lowest BCUT2D eigenvalue weighted by molar-refractivity contribution is -0.140. The fraction of sp³-hybridized carbons (Fsp3) is 0.267. The minimum absolute atomic E-state index is 0.0601. The molecule has 0 aromatic heterocycles. The van der Waals surface area contributed by atoms with Gasteiger partial charge in [0.1, 0.15) is 23.0 Å². The Morgan fingerprint density at radius 1 is 1.00 bits per heavy atom. The largest absolute Gasteiger partial charge is 0.507 e. The van der Waals surface area contributed by atoms with Crippen LogP contribution in [0.1, 0.15) is 43.5 Å². The van der Waals surface area contributed by atoms with Crippen molar-refractivity contribution in [3.63, 3.8) is 0 Å². The predicted octanol–water partition coefficient (Wildman–Crippen LogP) is 6.16. The molecule has 1 fully saturated rings. The normalized spacial score (nSPS) is 16.7. The maximum absolute atomic E-state index is 13.5. The third kappa shape index (κ3) is 5.63. The first-order valence-electron chi connectivity index (χ1n) is 12.3. The monoisotopic (exact) mass is 535 g/mol. The third-order valence-corrected chi connectivity index (χ3v) is 6.41. The number of likely N-dealkylation sites (tertiary alicyclic amines) is 1. The van der Waals surface area contributed by atoms with E-state index in [1.54, 1.807) is 61.7 Å². The number of carbonyl (C=O) groups is 2. The summed E-state index contributed by atoms with van der Waals surface area (Å²) in [5, 5.41) is 11.7. The van der Waals surface area contributed by atoms with Crippen LogP contribution in [0, 0.1) is 0 Å². The van der Waals surface area contributed by atoms with Gasteiger partial charge >= 0.3 is 0 Å². The average Bonchev–Trinajstić information content (AvgIpc) is 3.14. The van der Waals surface area contributed by atoms with Gasteiger partial charge in [-0.3, -0.25) is 9.59 Å². The fourth-order valence-corrected chi connectivity index (χ4v) is 4.68. The molecule has 1 aliphatic rings. The number of aliphatic hydroxyl groups excluding tert-OH is 1. The van der Waals surface area contributed by atoms with Gasteiger partial charge in [-0.05, 0) is 74.4 Å². The molecule has 38 heavy (non-hydrogen) atoms. The minimum atomic E-state index is -0.885. The van der Waals surface area contributed by atoms with Crippen molar-refractivity contribution >= 4 is 29.1 Å². The molecular weight excluding hydrogens is 506 g/mol. The van der Waals surface area contributed by atoms with Crippen molar-refractivity contribution in [2.45, 2.75) is 39.5 Å². The van der Waals surface area contributed by atoms with Crippen LogP contribution in [0.2, 0.25) is 5.02 Å². The van der Waals surface area contributed by atoms with Gasteiger partial charge in [-0.15, -0.1) is 0 Å². The van der Waals surface area contributed by atoms with Crippen LogP contribution in [0.5, 0.6) is 17.2 Å². The Kier molecular flexibility index (Phi) is 8.27. The van der Waals surface area contributed by atoms with Gasteiger partial charge in [0, 0.05) is 12.1 Å². The molecule has 1 aliphatic heterocycles. The van der Waals surface area contributed by atoms with Gasteiger partial charge in [-0.2, -0.15) is 0 Å². The summed E-state index contributed by atoms with van der Waals surface area (Å²) in [6.07, 6.45) is -0.0755. The van der Waals surface area contributed by atoms with Crippen molar-refractivity contribution in [1.82, 2.24) is 4.90 Å². The lowest BCUT2D eigenvalue weighted by Crippen LogP contribution is -2.29. The van der Waals surface area contributed by atoms with Gasteiger partial charge in [0.15, 0.2) is 0 Å². The van der Waals surface area contributed by atoms with Crippen molar-refractivity contribution < 1.29 is 28.9 Å². The zero-order valence-electron chi connectivity index (χ0n) is 21.7. The number of aliphatic hydroxyl groups is 1. The van der Waals surface area contributed by atoms with E-state index in [-0.39, 0.29) is 34.6 Å². The van der Waals surface area contributed by atoms with E-state index in [1.165, 1.54) is 4.90 Å². The number of ether oxygens (including phenoxy) is 3. The van der Waals surface area contributed by atoms with Gasteiger partial charge in [0.2, 0.25) is 0 Å². The number of hydrogen-bond acceptors (Lipinski definition) is 6. The first-order chi connectivity index (χ1) is 18.2. The molecule has 3 aromatic rings. The van der Waals surface area contributed by atoms with E-state index in [1.807, 2.05) is 32.9 Å². The van der Waals surface area contributed by atoms with Crippen LogP contribution >= 0.6 is 11.6 Å². The molecule has 0 spiro atoms. The van der Waals surface area contributed by atoms with Crippen molar-refractivity contribution in [2.24, 2.45) is 0 Å². The minimum Gasteiger partial charge on any atom is -0.507 e. The predicted molar refractivity (Wildman–Crippen MR) is 146 cm³/mol. The van der Waals surface area contributed by atoms with Crippen molar-refractivity contribution in [3.05, 3.63) is 94.0 Å². The summed E-state index contributed by atoms with van der Waals surface area (Å²) in [5.74, 6) is -0.213. The number of hydrogen-bond donors (Lipinski definition) is 1. The smallest absolute Gasteiger partial charge is 0.295 e.